The van der Waals surface area contributed by atoms with Crippen LogP contribution in [0.5, 0.6) is 5.75 Å². The summed E-state index contributed by atoms with van der Waals surface area (Å²) in [6, 6.07) is 9.32. The molecule has 0 radical (unpaired) electrons. The first-order chi connectivity index (χ1) is 17.1. The van der Waals surface area contributed by atoms with Crippen molar-refractivity contribution in [1.29, 1.82) is 0 Å². The number of hydrogen-bond acceptors (Lipinski definition) is 3. The standard InChI is InChI=1S/C28H33F4N3O/c1-17-11-21-20-7-4-5-8-24(20)33-26(21)27(35(17)16-28(2,3)32)25-22(30)12-18(13-23(25)31)36-19-14-34(15-19)10-6-9-29/h4-5,7-8,12-13,17,19,27,33H,6,9-11,14-16H2,1-3H3/t17?,27-/m1/s1. The summed E-state index contributed by atoms with van der Waals surface area (Å²) in [5.74, 6) is -1.31. The van der Waals surface area contributed by atoms with Gasteiger partial charge in [0.05, 0.1) is 12.7 Å². The van der Waals surface area contributed by atoms with Crippen LogP contribution in [0.25, 0.3) is 10.9 Å². The number of hydrogen-bond donors (Lipinski definition) is 1. The number of nitrogens with zero attached hydrogens (tertiary/aromatic N) is 2. The minimum absolute atomic E-state index is 0.0293. The summed E-state index contributed by atoms with van der Waals surface area (Å²) in [5.41, 5.74) is 0.948. The van der Waals surface area contributed by atoms with E-state index in [-0.39, 0.29) is 36.7 Å². The highest BCUT2D eigenvalue weighted by Crippen LogP contribution is 2.43. The molecule has 194 valence electrons. The fraction of sp³-hybridized carbons (Fsp3) is 0.500. The third-order valence-corrected chi connectivity index (χ3v) is 7.24. The molecule has 3 heterocycles. The minimum atomic E-state index is -1.55. The second-order valence-corrected chi connectivity index (χ2v) is 10.8. The van der Waals surface area contributed by atoms with Crippen LogP contribution in [0.2, 0.25) is 0 Å². The van der Waals surface area contributed by atoms with Crippen molar-refractivity contribution in [3.8, 4) is 5.75 Å². The summed E-state index contributed by atoms with van der Waals surface area (Å²) in [6.07, 6.45) is 0.928. The Morgan fingerprint density at radius 1 is 1.11 bits per heavy atom. The molecule has 4 nitrogen and oxygen atoms in total. The van der Waals surface area contributed by atoms with Crippen molar-refractivity contribution in [2.24, 2.45) is 0 Å². The van der Waals surface area contributed by atoms with Crippen molar-refractivity contribution in [3.05, 3.63) is 64.9 Å². The molecule has 2 aliphatic rings. The number of aromatic amines is 1. The van der Waals surface area contributed by atoms with E-state index in [4.69, 9.17) is 4.74 Å². The molecule has 3 aromatic rings. The zero-order chi connectivity index (χ0) is 25.6. The number of halogens is 4. The van der Waals surface area contributed by atoms with Gasteiger partial charge in [0.1, 0.15) is 29.2 Å². The summed E-state index contributed by atoms with van der Waals surface area (Å²) in [5, 5.41) is 1.02. The van der Waals surface area contributed by atoms with Crippen LogP contribution in [-0.4, -0.2) is 65.5 Å². The molecule has 1 unspecified atom stereocenters. The van der Waals surface area contributed by atoms with E-state index >= 15 is 8.78 Å². The van der Waals surface area contributed by atoms with E-state index in [0.29, 0.717) is 38.2 Å². The quantitative estimate of drug-likeness (QED) is 0.386. The Morgan fingerprint density at radius 2 is 1.81 bits per heavy atom. The Hall–Kier alpha value is -2.58. The SMILES string of the molecule is CC1Cc2c([nH]c3ccccc23)[C@@H](c2c(F)cc(OC3CN(CCCF)C3)cc2F)N1CC(C)(C)F. The Kier molecular flexibility index (Phi) is 6.76. The van der Waals surface area contributed by atoms with Crippen molar-refractivity contribution in [2.45, 2.75) is 57.5 Å². The van der Waals surface area contributed by atoms with E-state index in [9.17, 15) is 8.78 Å². The fourth-order valence-corrected chi connectivity index (χ4v) is 5.64. The van der Waals surface area contributed by atoms with Gasteiger partial charge in [0.25, 0.3) is 0 Å². The topological polar surface area (TPSA) is 31.5 Å². The Balaban J connectivity index is 1.50. The molecule has 1 saturated heterocycles. The fourth-order valence-electron chi connectivity index (χ4n) is 5.64. The third kappa shape index (κ3) is 4.85. The maximum atomic E-state index is 15.7. The summed E-state index contributed by atoms with van der Waals surface area (Å²) in [6.45, 7) is 6.45. The van der Waals surface area contributed by atoms with Crippen LogP contribution in [0.1, 0.15) is 50.1 Å². The van der Waals surface area contributed by atoms with E-state index < -0.39 is 23.3 Å². The number of nitrogens with one attached hydrogen (secondary N) is 1. The molecule has 1 fully saturated rings. The summed E-state index contributed by atoms with van der Waals surface area (Å²) in [4.78, 5) is 7.28. The number of likely N-dealkylation sites (tertiary alicyclic amines) is 1. The average molecular weight is 504 g/mol. The smallest absolute Gasteiger partial charge is 0.135 e. The van der Waals surface area contributed by atoms with Crippen LogP contribution in [0.15, 0.2) is 36.4 Å². The first-order valence-electron chi connectivity index (χ1n) is 12.6. The normalized spacial score (nSPS) is 21.5. The van der Waals surface area contributed by atoms with Crippen LogP contribution in [0.4, 0.5) is 17.6 Å². The first-order valence-corrected chi connectivity index (χ1v) is 12.6. The predicted octanol–water partition coefficient (Wildman–Crippen LogP) is 5.95. The molecule has 0 bridgehead atoms. The number of fused-ring (bicyclic) bond motifs is 3. The highest BCUT2D eigenvalue weighted by Gasteiger charge is 2.41. The Bertz CT molecular complexity index is 1210. The zero-order valence-electron chi connectivity index (χ0n) is 21.0. The molecule has 2 aliphatic heterocycles. The number of ether oxygens (including phenoxy) is 1. The summed E-state index contributed by atoms with van der Waals surface area (Å²) in [7, 11) is 0. The van der Waals surface area contributed by atoms with Gasteiger partial charge >= 0.3 is 0 Å². The average Bonchev–Trinajstić information content (AvgIpc) is 3.14. The van der Waals surface area contributed by atoms with Crippen LogP contribution in [0, 0.1) is 11.6 Å². The van der Waals surface area contributed by atoms with E-state index in [1.54, 1.807) is 0 Å². The van der Waals surface area contributed by atoms with Crippen LogP contribution in [-0.2, 0) is 6.42 Å². The van der Waals surface area contributed by atoms with Gasteiger partial charge in [-0.25, -0.2) is 13.2 Å². The molecular formula is C28H33F4N3O. The van der Waals surface area contributed by atoms with Gasteiger partial charge in [-0.3, -0.25) is 14.2 Å². The predicted molar refractivity (Wildman–Crippen MR) is 133 cm³/mol. The number of alkyl halides is 2. The highest BCUT2D eigenvalue weighted by atomic mass is 19.1. The largest absolute Gasteiger partial charge is 0.488 e. The molecule has 0 saturated carbocycles. The summed E-state index contributed by atoms with van der Waals surface area (Å²) >= 11 is 0. The van der Waals surface area contributed by atoms with Gasteiger partial charge in [-0.1, -0.05) is 18.2 Å². The molecule has 8 heteroatoms. The van der Waals surface area contributed by atoms with E-state index in [1.807, 2.05) is 41.0 Å². The number of aromatic nitrogens is 1. The van der Waals surface area contributed by atoms with Crippen molar-refractivity contribution >= 4 is 10.9 Å². The third-order valence-electron chi connectivity index (χ3n) is 7.24. The number of para-hydroxylation sites is 1. The molecular weight excluding hydrogens is 470 g/mol. The van der Waals surface area contributed by atoms with Crippen molar-refractivity contribution in [1.82, 2.24) is 14.8 Å². The summed E-state index contributed by atoms with van der Waals surface area (Å²) < 4.78 is 64.5. The number of rotatable bonds is 8. The van der Waals surface area contributed by atoms with Gasteiger partial charge in [-0.15, -0.1) is 0 Å². The molecule has 0 amide bonds. The van der Waals surface area contributed by atoms with Crippen molar-refractivity contribution in [2.75, 3.05) is 32.9 Å². The second-order valence-electron chi connectivity index (χ2n) is 10.8. The lowest BCUT2D eigenvalue weighted by atomic mass is 9.87. The van der Waals surface area contributed by atoms with Gasteiger partial charge in [0, 0.05) is 66.5 Å². The molecule has 2 aromatic carbocycles. The first kappa shape index (κ1) is 25.1. The van der Waals surface area contributed by atoms with Gasteiger partial charge in [-0.05, 0) is 45.2 Å². The van der Waals surface area contributed by atoms with E-state index in [2.05, 4.69) is 4.98 Å². The lowest BCUT2D eigenvalue weighted by molar-refractivity contribution is 0.0179. The number of benzene rings is 2. The van der Waals surface area contributed by atoms with Crippen LogP contribution >= 0.6 is 0 Å². The highest BCUT2D eigenvalue weighted by molar-refractivity contribution is 5.85. The van der Waals surface area contributed by atoms with E-state index in [1.165, 1.54) is 26.0 Å². The second kappa shape index (κ2) is 9.71. The van der Waals surface area contributed by atoms with Crippen molar-refractivity contribution < 1.29 is 22.3 Å². The molecule has 5 rings (SSSR count). The lowest BCUT2D eigenvalue weighted by Gasteiger charge is -2.43. The zero-order valence-corrected chi connectivity index (χ0v) is 21.0. The molecule has 36 heavy (non-hydrogen) atoms. The van der Waals surface area contributed by atoms with Crippen LogP contribution in [0.3, 0.4) is 0 Å². The minimum Gasteiger partial charge on any atom is -0.488 e. The van der Waals surface area contributed by atoms with Crippen molar-refractivity contribution in [3.63, 3.8) is 0 Å². The van der Waals surface area contributed by atoms with Gasteiger partial charge in [0.2, 0.25) is 0 Å². The van der Waals surface area contributed by atoms with E-state index in [0.717, 1.165) is 16.5 Å². The molecule has 1 aromatic heterocycles. The molecule has 0 aliphatic carbocycles. The monoisotopic (exact) mass is 503 g/mol. The van der Waals surface area contributed by atoms with Gasteiger partial charge in [0.15, 0.2) is 0 Å². The lowest BCUT2D eigenvalue weighted by Crippen LogP contribution is -2.53. The molecule has 2 atom stereocenters. The maximum Gasteiger partial charge on any atom is 0.135 e. The van der Waals surface area contributed by atoms with Gasteiger partial charge in [-0.2, -0.15) is 0 Å². The molecule has 0 spiro atoms. The maximum absolute atomic E-state index is 15.7. The van der Waals surface area contributed by atoms with Gasteiger partial charge < -0.3 is 9.72 Å². The Morgan fingerprint density at radius 3 is 2.47 bits per heavy atom. The van der Waals surface area contributed by atoms with Crippen LogP contribution < -0.4 is 4.74 Å². The molecule has 1 N–H and O–H groups in total. The Labute approximate surface area is 209 Å². The number of H-pyrrole nitrogens is 1.